The van der Waals surface area contributed by atoms with Crippen LogP contribution in [-0.4, -0.2) is 37.5 Å². The first-order chi connectivity index (χ1) is 3.42. The molecule has 0 unspecified atom stereocenters. The fourth-order valence-electron chi connectivity index (χ4n) is 0.638. The highest BCUT2D eigenvalue weighted by molar-refractivity contribution is 6.72. The zero-order valence-electron chi connectivity index (χ0n) is 6.19. The van der Waals surface area contributed by atoms with Crippen molar-refractivity contribution in [2.75, 3.05) is 0 Å². The monoisotopic (exact) mass is 157 g/mol. The van der Waals surface area contributed by atoms with Crippen molar-refractivity contribution in [1.82, 2.24) is 0 Å². The molecule has 1 nitrogen and oxygen atoms in total. The second-order valence-corrected chi connectivity index (χ2v) is 6.68. The SMILES string of the molecule is [CH2][Si](C)(C)OC(C)C.[MgH2]. The number of hydrogen-bond acceptors (Lipinski definition) is 1. The van der Waals surface area contributed by atoms with Gasteiger partial charge in [-0.15, -0.1) is 0 Å². The summed E-state index contributed by atoms with van der Waals surface area (Å²) in [6.07, 6.45) is 0.342. The summed E-state index contributed by atoms with van der Waals surface area (Å²) in [7, 11) is -1.47. The van der Waals surface area contributed by atoms with E-state index in [0.717, 1.165) is 0 Å². The third-order valence-corrected chi connectivity index (χ3v) is 1.66. The lowest BCUT2D eigenvalue weighted by Crippen LogP contribution is -2.29. The summed E-state index contributed by atoms with van der Waals surface area (Å²) < 4.78 is 5.47. The van der Waals surface area contributed by atoms with Crippen molar-refractivity contribution in [3.63, 3.8) is 0 Å². The minimum Gasteiger partial charge on any atom is -0.415 e. The Labute approximate surface area is 75.5 Å². The van der Waals surface area contributed by atoms with E-state index in [9.17, 15) is 0 Å². The van der Waals surface area contributed by atoms with Crippen LogP contribution in [0.1, 0.15) is 13.8 Å². The highest BCUT2D eigenvalue weighted by Crippen LogP contribution is 2.04. The highest BCUT2D eigenvalue weighted by Gasteiger charge is 2.15. The molecule has 1 radical (unpaired) electrons. The molecule has 0 aliphatic carbocycles. The zero-order valence-corrected chi connectivity index (χ0v) is 7.19. The molecule has 0 rings (SSSR count). The maximum Gasteiger partial charge on any atom is 0.316 e. The van der Waals surface area contributed by atoms with Gasteiger partial charge in [-0.3, -0.25) is 0 Å². The second-order valence-electron chi connectivity index (χ2n) is 2.93. The quantitative estimate of drug-likeness (QED) is 0.545. The van der Waals surface area contributed by atoms with E-state index in [2.05, 4.69) is 19.6 Å². The molecule has 9 heavy (non-hydrogen) atoms. The van der Waals surface area contributed by atoms with E-state index in [1.54, 1.807) is 0 Å². The molecular formula is C6H17MgOSi. The van der Waals surface area contributed by atoms with Crippen LogP contribution < -0.4 is 0 Å². The molecule has 0 heterocycles. The van der Waals surface area contributed by atoms with E-state index in [4.69, 9.17) is 4.43 Å². The van der Waals surface area contributed by atoms with E-state index in [1.165, 1.54) is 0 Å². The van der Waals surface area contributed by atoms with Crippen molar-refractivity contribution in [1.29, 1.82) is 0 Å². The van der Waals surface area contributed by atoms with Crippen LogP contribution in [0, 0.1) is 6.55 Å². The average Bonchev–Trinajstić information content (AvgIpc) is 1.21. The van der Waals surface area contributed by atoms with Crippen LogP contribution in [0.2, 0.25) is 13.1 Å². The molecule has 53 valence electrons. The predicted octanol–water partition coefficient (Wildman–Crippen LogP) is 1.07. The molecule has 3 heteroatoms. The van der Waals surface area contributed by atoms with E-state index < -0.39 is 8.32 Å². The molecule has 0 N–H and O–H groups in total. The third kappa shape index (κ3) is 12.2. The summed E-state index contributed by atoms with van der Waals surface area (Å²) in [5, 5.41) is 0. The largest absolute Gasteiger partial charge is 0.415 e. The smallest absolute Gasteiger partial charge is 0.316 e. The van der Waals surface area contributed by atoms with Crippen LogP contribution in [0.5, 0.6) is 0 Å². The first kappa shape index (κ1) is 12.6. The van der Waals surface area contributed by atoms with E-state index in [0.29, 0.717) is 6.10 Å². The third-order valence-electron chi connectivity index (χ3n) is 0.555. The molecule has 0 saturated carbocycles. The summed E-state index contributed by atoms with van der Waals surface area (Å²) in [6.45, 7) is 12.2. The van der Waals surface area contributed by atoms with Crippen LogP contribution in [-0.2, 0) is 4.43 Å². The molecule has 0 spiro atoms. The fourth-order valence-corrected chi connectivity index (χ4v) is 1.91. The minimum atomic E-state index is -1.47. The van der Waals surface area contributed by atoms with Crippen molar-refractivity contribution >= 4 is 31.4 Å². The normalized spacial score (nSPS) is 11.3. The number of rotatable bonds is 2. The van der Waals surface area contributed by atoms with Gasteiger partial charge in [0.25, 0.3) is 0 Å². The maximum atomic E-state index is 5.47. The Bertz CT molecular complexity index is 67.9. The fraction of sp³-hybridized carbons (Fsp3) is 0.833. The van der Waals surface area contributed by atoms with Crippen LogP contribution in [0.25, 0.3) is 0 Å². The van der Waals surface area contributed by atoms with Gasteiger partial charge >= 0.3 is 23.1 Å². The zero-order chi connectivity index (χ0) is 6.78. The van der Waals surface area contributed by atoms with Gasteiger partial charge < -0.3 is 4.43 Å². The van der Waals surface area contributed by atoms with E-state index in [-0.39, 0.29) is 23.1 Å². The van der Waals surface area contributed by atoms with Gasteiger partial charge in [-0.05, 0) is 33.5 Å². The molecule has 0 aliphatic rings. The van der Waals surface area contributed by atoms with Crippen LogP contribution in [0.4, 0.5) is 0 Å². The highest BCUT2D eigenvalue weighted by atomic mass is 28.4. The molecule has 0 fully saturated rings. The van der Waals surface area contributed by atoms with Crippen molar-refractivity contribution in [2.24, 2.45) is 0 Å². The molecule has 0 aliphatic heterocycles. The Morgan fingerprint density at radius 1 is 1.33 bits per heavy atom. The lowest BCUT2D eigenvalue weighted by molar-refractivity contribution is 0.237. The Morgan fingerprint density at radius 3 is 1.67 bits per heavy atom. The molecular weight excluding hydrogens is 140 g/mol. The van der Waals surface area contributed by atoms with Gasteiger partial charge in [0.1, 0.15) is 0 Å². The Hall–Kier alpha value is 0.943. The molecule has 0 saturated heterocycles. The van der Waals surface area contributed by atoms with Gasteiger partial charge in [-0.2, -0.15) is 0 Å². The van der Waals surface area contributed by atoms with Gasteiger partial charge in [0.15, 0.2) is 8.32 Å². The summed E-state index contributed by atoms with van der Waals surface area (Å²) in [6, 6.07) is 0. The van der Waals surface area contributed by atoms with Crippen LogP contribution in [0.3, 0.4) is 0 Å². The van der Waals surface area contributed by atoms with Gasteiger partial charge in [0, 0.05) is 6.10 Å². The minimum absolute atomic E-state index is 0. The molecule has 0 aromatic carbocycles. The molecule has 0 aromatic rings. The Balaban J connectivity index is 0. The molecule has 0 bridgehead atoms. The molecule has 0 amide bonds. The summed E-state index contributed by atoms with van der Waals surface area (Å²) in [4.78, 5) is 0. The Kier molecular flexibility index (Phi) is 6.60. The second kappa shape index (κ2) is 4.71. The Morgan fingerprint density at radius 2 is 1.67 bits per heavy atom. The van der Waals surface area contributed by atoms with Gasteiger partial charge in [-0.1, -0.05) is 0 Å². The first-order valence-corrected chi connectivity index (χ1v) is 6.06. The molecule has 0 atom stereocenters. The first-order valence-electron chi connectivity index (χ1n) is 2.95. The summed E-state index contributed by atoms with van der Waals surface area (Å²) >= 11 is 0. The maximum absolute atomic E-state index is 5.47. The molecule has 0 aromatic heterocycles. The topological polar surface area (TPSA) is 9.23 Å². The van der Waals surface area contributed by atoms with Crippen molar-refractivity contribution in [2.45, 2.75) is 33.0 Å². The number of hydrogen-bond donors (Lipinski definition) is 0. The van der Waals surface area contributed by atoms with Crippen LogP contribution >= 0.6 is 0 Å². The van der Waals surface area contributed by atoms with Crippen molar-refractivity contribution in [3.05, 3.63) is 6.55 Å². The average molecular weight is 158 g/mol. The van der Waals surface area contributed by atoms with Gasteiger partial charge in [0.05, 0.1) is 0 Å². The van der Waals surface area contributed by atoms with Crippen molar-refractivity contribution in [3.8, 4) is 0 Å². The van der Waals surface area contributed by atoms with Gasteiger partial charge in [-0.25, -0.2) is 0 Å². The summed E-state index contributed by atoms with van der Waals surface area (Å²) in [5.74, 6) is 0. The van der Waals surface area contributed by atoms with E-state index in [1.807, 2.05) is 13.8 Å². The lowest BCUT2D eigenvalue weighted by Gasteiger charge is -2.19. The summed E-state index contributed by atoms with van der Waals surface area (Å²) in [5.41, 5.74) is 0. The standard InChI is InChI=1S/C6H15OSi.Mg.2H/c1-6(2)7-8(3,4)5;;;/h6H,3H2,1-2,4-5H3;;;. The lowest BCUT2D eigenvalue weighted by atomic mass is 10.5. The van der Waals surface area contributed by atoms with Gasteiger partial charge in [0.2, 0.25) is 0 Å². The van der Waals surface area contributed by atoms with Crippen LogP contribution in [0.15, 0.2) is 0 Å². The van der Waals surface area contributed by atoms with Crippen molar-refractivity contribution < 1.29 is 4.43 Å². The van der Waals surface area contributed by atoms with E-state index >= 15 is 0 Å². The predicted molar refractivity (Wildman–Crippen MR) is 47.6 cm³/mol.